The van der Waals surface area contributed by atoms with Crippen molar-refractivity contribution in [3.05, 3.63) is 58.7 Å². The summed E-state index contributed by atoms with van der Waals surface area (Å²) in [4.78, 5) is 0. The minimum absolute atomic E-state index is 0.0836. The van der Waals surface area contributed by atoms with Gasteiger partial charge in [-0.1, -0.05) is 48.0 Å². The first-order valence-electron chi connectivity index (χ1n) is 9.26. The van der Waals surface area contributed by atoms with Crippen LogP contribution < -0.4 is 15.1 Å². The lowest BCUT2D eigenvalue weighted by atomic mass is 9.84. The van der Waals surface area contributed by atoms with Crippen molar-refractivity contribution in [3.8, 4) is 5.75 Å². The predicted molar refractivity (Wildman–Crippen MR) is 112 cm³/mol. The van der Waals surface area contributed by atoms with Crippen molar-refractivity contribution in [2.24, 2.45) is 0 Å². The van der Waals surface area contributed by atoms with E-state index in [-0.39, 0.29) is 17.0 Å². The van der Waals surface area contributed by atoms with Crippen LogP contribution in [0.5, 0.6) is 5.75 Å². The summed E-state index contributed by atoms with van der Waals surface area (Å²) in [7, 11) is 0.704. The summed E-state index contributed by atoms with van der Waals surface area (Å²) < 4.78 is 5.80. The summed E-state index contributed by atoms with van der Waals surface area (Å²) in [5.41, 5.74) is 4.47. The Labute approximate surface area is 160 Å². The van der Waals surface area contributed by atoms with E-state index in [1.165, 1.54) is 5.56 Å². The van der Waals surface area contributed by atoms with Crippen LogP contribution in [0.3, 0.4) is 0 Å². The summed E-state index contributed by atoms with van der Waals surface area (Å²) in [6.45, 7) is 14.8. The van der Waals surface area contributed by atoms with E-state index in [1.807, 2.05) is 38.1 Å². The van der Waals surface area contributed by atoms with E-state index in [1.54, 1.807) is 0 Å². The van der Waals surface area contributed by atoms with Crippen LogP contribution in [-0.4, -0.2) is 11.6 Å². The van der Waals surface area contributed by atoms with E-state index in [2.05, 4.69) is 46.8 Å². The molecule has 1 unspecified atom stereocenters. The fourth-order valence-electron chi connectivity index (χ4n) is 2.82. The molecule has 0 aliphatic heterocycles. The third-order valence-electron chi connectivity index (χ3n) is 4.59. The molecule has 3 heteroatoms. The van der Waals surface area contributed by atoms with Gasteiger partial charge in [0.15, 0.2) is 0 Å². The van der Waals surface area contributed by atoms with Crippen LogP contribution in [-0.2, 0) is 5.41 Å². The van der Waals surface area contributed by atoms with E-state index < -0.39 is 0 Å². The zero-order valence-electron chi connectivity index (χ0n) is 17.0. The van der Waals surface area contributed by atoms with Gasteiger partial charge in [0.1, 0.15) is 5.75 Å². The molecule has 2 nitrogen and oxygen atoms in total. The van der Waals surface area contributed by atoms with Crippen molar-refractivity contribution in [2.45, 2.75) is 66.4 Å². The fraction of sp³-hybridized carbons (Fsp3) is 0.435. The Hall–Kier alpha value is -1.63. The monoisotopic (exact) mass is 369 g/mol. The lowest BCUT2D eigenvalue weighted by Crippen LogP contribution is -2.22. The molecule has 0 aliphatic carbocycles. The highest BCUT2D eigenvalue weighted by atomic mass is 31.1. The van der Waals surface area contributed by atoms with Crippen LogP contribution in [0.2, 0.25) is 0 Å². The third-order valence-corrected chi connectivity index (χ3v) is 5.58. The van der Waals surface area contributed by atoms with Crippen molar-refractivity contribution in [1.82, 2.24) is 0 Å². The predicted octanol–water partition coefficient (Wildman–Crippen LogP) is 4.89. The Balaban J connectivity index is 2.29. The molecule has 0 fully saturated rings. The molecular formula is C23H30O2P-. The van der Waals surface area contributed by atoms with Gasteiger partial charge < -0.3 is 9.84 Å². The first-order valence-corrected chi connectivity index (χ1v) is 10.2. The van der Waals surface area contributed by atoms with E-state index in [0.717, 1.165) is 34.2 Å². The number of rotatable bonds is 5. The second-order valence-corrected chi connectivity index (χ2v) is 9.13. The minimum Gasteiger partial charge on any atom is -0.823 e. The van der Waals surface area contributed by atoms with Gasteiger partial charge in [0.25, 0.3) is 0 Å². The average Bonchev–Trinajstić information content (AvgIpc) is 2.55. The SMILES string of the molecule is CCC(C)Oc1ccc(P=C([O-])c2c(C)cc(C(C)(C)C)cc2C)cc1. The van der Waals surface area contributed by atoms with Crippen molar-refractivity contribution >= 4 is 19.0 Å². The Morgan fingerprint density at radius 3 is 2.08 bits per heavy atom. The molecule has 0 radical (unpaired) electrons. The summed E-state index contributed by atoms with van der Waals surface area (Å²) in [5, 5.41) is 13.9. The number of ether oxygens (including phenoxy) is 1. The van der Waals surface area contributed by atoms with Crippen molar-refractivity contribution in [2.75, 3.05) is 0 Å². The van der Waals surface area contributed by atoms with Gasteiger partial charge in [-0.2, -0.15) is 0 Å². The van der Waals surface area contributed by atoms with Crippen LogP contribution in [0.15, 0.2) is 36.4 Å². The van der Waals surface area contributed by atoms with Crippen molar-refractivity contribution in [1.29, 1.82) is 0 Å². The van der Waals surface area contributed by atoms with Gasteiger partial charge >= 0.3 is 0 Å². The number of hydrogen-bond acceptors (Lipinski definition) is 2. The molecule has 2 aromatic rings. The fourth-order valence-corrected chi connectivity index (χ4v) is 3.82. The average molecular weight is 369 g/mol. The molecule has 0 aromatic heterocycles. The zero-order chi connectivity index (χ0) is 19.5. The van der Waals surface area contributed by atoms with Gasteiger partial charge in [-0.15, -0.1) is 5.48 Å². The van der Waals surface area contributed by atoms with Crippen LogP contribution in [0, 0.1) is 13.8 Å². The highest BCUT2D eigenvalue weighted by Crippen LogP contribution is 2.27. The quantitative estimate of drug-likeness (QED) is 0.703. The molecule has 140 valence electrons. The van der Waals surface area contributed by atoms with Crippen molar-refractivity contribution < 1.29 is 9.84 Å². The smallest absolute Gasteiger partial charge is 0.119 e. The Morgan fingerprint density at radius 1 is 1.08 bits per heavy atom. The van der Waals surface area contributed by atoms with E-state index in [0.29, 0.717) is 8.20 Å². The van der Waals surface area contributed by atoms with Crippen LogP contribution >= 0.6 is 8.20 Å². The van der Waals surface area contributed by atoms with Gasteiger partial charge in [0.2, 0.25) is 0 Å². The number of hydrogen-bond donors (Lipinski definition) is 0. The second kappa shape index (κ2) is 8.37. The molecule has 0 N–H and O–H groups in total. The molecule has 2 rings (SSSR count). The maximum absolute atomic E-state index is 12.9. The summed E-state index contributed by atoms with van der Waals surface area (Å²) in [6, 6.07) is 12.2. The topological polar surface area (TPSA) is 32.3 Å². The molecule has 0 spiro atoms. The first kappa shape index (κ1) is 20.7. The van der Waals surface area contributed by atoms with Gasteiger partial charge in [0, 0.05) is 5.30 Å². The van der Waals surface area contributed by atoms with Crippen molar-refractivity contribution in [3.63, 3.8) is 0 Å². The number of aryl methyl sites for hydroxylation is 2. The maximum atomic E-state index is 12.9. The Kier molecular flexibility index (Phi) is 6.66. The second-order valence-electron chi connectivity index (χ2n) is 7.98. The number of benzene rings is 2. The summed E-state index contributed by atoms with van der Waals surface area (Å²) >= 11 is 0. The Bertz CT molecular complexity index is 760. The Morgan fingerprint density at radius 2 is 1.62 bits per heavy atom. The highest BCUT2D eigenvalue weighted by molar-refractivity contribution is 7.49. The van der Waals surface area contributed by atoms with Gasteiger partial charge in [0.05, 0.1) is 6.10 Å². The minimum atomic E-state index is 0.0836. The molecule has 26 heavy (non-hydrogen) atoms. The van der Waals surface area contributed by atoms with Gasteiger partial charge in [-0.25, -0.2) is 0 Å². The molecule has 2 aromatic carbocycles. The van der Waals surface area contributed by atoms with E-state index >= 15 is 0 Å². The summed E-state index contributed by atoms with van der Waals surface area (Å²) in [5.74, 6) is 0.854. The first-order chi connectivity index (χ1) is 12.1. The third kappa shape index (κ3) is 5.19. The molecule has 0 bridgehead atoms. The zero-order valence-corrected chi connectivity index (χ0v) is 17.9. The van der Waals surface area contributed by atoms with Gasteiger partial charge in [-0.3, -0.25) is 0 Å². The highest BCUT2D eigenvalue weighted by Gasteiger charge is 2.16. The molecule has 0 amide bonds. The van der Waals surface area contributed by atoms with Crippen LogP contribution in [0.1, 0.15) is 63.3 Å². The molecule has 1 atom stereocenters. The molecular weight excluding hydrogens is 339 g/mol. The van der Waals surface area contributed by atoms with Crippen LogP contribution in [0.25, 0.3) is 0 Å². The molecule has 0 saturated heterocycles. The molecule has 0 heterocycles. The van der Waals surface area contributed by atoms with E-state index in [9.17, 15) is 5.11 Å². The van der Waals surface area contributed by atoms with Gasteiger partial charge in [-0.05, 0) is 79.1 Å². The molecule has 0 saturated carbocycles. The van der Waals surface area contributed by atoms with E-state index in [4.69, 9.17) is 4.74 Å². The maximum Gasteiger partial charge on any atom is 0.119 e. The lowest BCUT2D eigenvalue weighted by molar-refractivity contribution is -0.207. The standard InChI is InChI=1S/C23H31O2P/c1-8-17(4)25-19-9-11-20(12-10-19)26-22(24)21-15(2)13-18(14-16(21)3)23(5,6)7/h9-14,17,24H,8H2,1-7H3/p-1. The normalized spacial score (nSPS) is 13.6. The summed E-state index contributed by atoms with van der Waals surface area (Å²) in [6.07, 6.45) is 1.17. The molecule has 0 aliphatic rings. The lowest BCUT2D eigenvalue weighted by Gasteiger charge is -2.24. The van der Waals surface area contributed by atoms with Crippen LogP contribution in [0.4, 0.5) is 0 Å². The largest absolute Gasteiger partial charge is 0.823 e.